The summed E-state index contributed by atoms with van der Waals surface area (Å²) in [5, 5.41) is 14.2. The lowest BCUT2D eigenvalue weighted by Gasteiger charge is -2.40. The van der Waals surface area contributed by atoms with Crippen LogP contribution in [0.5, 0.6) is 5.75 Å². The van der Waals surface area contributed by atoms with Crippen LogP contribution in [0.15, 0.2) is 36.0 Å². The van der Waals surface area contributed by atoms with Gasteiger partial charge < -0.3 is 9.64 Å². The third-order valence-electron chi connectivity index (χ3n) is 6.96. The lowest BCUT2D eigenvalue weighted by molar-refractivity contribution is -0.143. The minimum atomic E-state index is -0.562. The zero-order valence-corrected chi connectivity index (χ0v) is 21.0. The van der Waals surface area contributed by atoms with Crippen LogP contribution in [0.2, 0.25) is 5.02 Å². The number of piperidine rings is 1. The molecule has 3 heterocycles. The van der Waals surface area contributed by atoms with E-state index in [1.165, 1.54) is 5.01 Å². The molecule has 0 aliphatic carbocycles. The number of thiazole rings is 1. The van der Waals surface area contributed by atoms with Crippen molar-refractivity contribution in [1.29, 1.82) is 0 Å². The van der Waals surface area contributed by atoms with Crippen LogP contribution in [0.4, 0.5) is 0 Å². The molecule has 0 unspecified atom stereocenters. The highest BCUT2D eigenvalue weighted by Gasteiger charge is 2.40. The number of methoxy groups -OCH3 is 1. The van der Waals surface area contributed by atoms with Crippen LogP contribution in [0.3, 0.4) is 0 Å². The van der Waals surface area contributed by atoms with Gasteiger partial charge in [0.15, 0.2) is 0 Å². The van der Waals surface area contributed by atoms with Crippen LogP contribution >= 0.6 is 22.9 Å². The summed E-state index contributed by atoms with van der Waals surface area (Å²) in [6.45, 7) is 2.69. The summed E-state index contributed by atoms with van der Waals surface area (Å²) in [5.41, 5.74) is 3.27. The Kier molecular flexibility index (Phi) is 8.37. The number of halogens is 1. The molecule has 7 nitrogen and oxygen atoms in total. The molecular formula is C25H31ClN4O3S. The Morgan fingerprint density at radius 2 is 2.09 bits per heavy atom. The van der Waals surface area contributed by atoms with E-state index in [0.717, 1.165) is 80.4 Å². The first-order valence-electron chi connectivity index (χ1n) is 11.7. The van der Waals surface area contributed by atoms with Crippen molar-refractivity contribution in [2.75, 3.05) is 26.7 Å². The fraction of sp³-hybridized carbons (Fsp3) is 0.480. The number of hydroxylamine groups is 1. The van der Waals surface area contributed by atoms with Gasteiger partial charge in [0.05, 0.1) is 28.1 Å². The molecule has 9 heteroatoms. The molecule has 0 saturated carbocycles. The van der Waals surface area contributed by atoms with E-state index in [2.05, 4.69) is 14.9 Å². The number of rotatable bonds is 10. The van der Waals surface area contributed by atoms with Crippen LogP contribution < -0.4 is 10.2 Å². The number of carbonyl (C=O) groups excluding carboxylic acids is 1. The Hall–Kier alpha value is -2.26. The first-order chi connectivity index (χ1) is 16.5. The van der Waals surface area contributed by atoms with Gasteiger partial charge in [0, 0.05) is 29.6 Å². The fourth-order valence-corrected chi connectivity index (χ4v) is 5.84. The lowest BCUT2D eigenvalue weighted by atomic mass is 9.73. The second-order valence-electron chi connectivity index (χ2n) is 8.91. The number of ether oxygens (including phenoxy) is 1. The summed E-state index contributed by atoms with van der Waals surface area (Å²) in [6.07, 6.45) is 9.25. The van der Waals surface area contributed by atoms with Crippen molar-refractivity contribution in [3.8, 4) is 5.75 Å². The zero-order valence-electron chi connectivity index (χ0n) is 19.4. The monoisotopic (exact) mass is 502 g/mol. The predicted octanol–water partition coefficient (Wildman–Crippen LogP) is 4.90. The Balaban J connectivity index is 1.37. The second-order valence-corrected chi connectivity index (χ2v) is 10.3. The van der Waals surface area contributed by atoms with E-state index in [0.29, 0.717) is 11.4 Å². The summed E-state index contributed by atoms with van der Waals surface area (Å²) in [6, 6.07) is 5.78. The second kappa shape index (κ2) is 11.4. The molecule has 182 valence electrons. The number of benzene rings is 1. The SMILES string of the molecule is COc1ccc2ncc(Cl)c(CCCC3(C(=O)NO)CCN(CCCc4nccs4)CC3)c2c1. The highest BCUT2D eigenvalue weighted by atomic mass is 35.5. The molecule has 1 aromatic carbocycles. The van der Waals surface area contributed by atoms with Gasteiger partial charge in [-0.2, -0.15) is 0 Å². The van der Waals surface area contributed by atoms with E-state index < -0.39 is 5.41 Å². The summed E-state index contributed by atoms with van der Waals surface area (Å²) < 4.78 is 5.38. The fourth-order valence-electron chi connectivity index (χ4n) is 4.93. The number of hydrogen-bond donors (Lipinski definition) is 2. The molecule has 1 fully saturated rings. The number of hydrogen-bond acceptors (Lipinski definition) is 7. The van der Waals surface area contributed by atoms with E-state index >= 15 is 0 Å². The van der Waals surface area contributed by atoms with Gasteiger partial charge in [0.25, 0.3) is 0 Å². The Morgan fingerprint density at radius 1 is 1.26 bits per heavy atom. The van der Waals surface area contributed by atoms with E-state index in [-0.39, 0.29) is 5.91 Å². The summed E-state index contributed by atoms with van der Waals surface area (Å²) in [4.78, 5) is 23.9. The van der Waals surface area contributed by atoms with Crippen molar-refractivity contribution >= 4 is 39.7 Å². The molecule has 0 bridgehead atoms. The number of nitrogens with zero attached hydrogens (tertiary/aromatic N) is 3. The van der Waals surface area contributed by atoms with Gasteiger partial charge in [-0.3, -0.25) is 15.0 Å². The molecule has 4 rings (SSSR count). The van der Waals surface area contributed by atoms with E-state index in [1.54, 1.807) is 24.6 Å². The third kappa shape index (κ3) is 5.68. The molecule has 1 saturated heterocycles. The first kappa shape index (κ1) is 24.9. The Labute approximate surface area is 209 Å². The number of likely N-dealkylation sites (tertiary alicyclic amines) is 1. The Morgan fingerprint density at radius 3 is 2.79 bits per heavy atom. The smallest absolute Gasteiger partial charge is 0.249 e. The van der Waals surface area contributed by atoms with Gasteiger partial charge in [-0.25, -0.2) is 10.5 Å². The van der Waals surface area contributed by atoms with E-state index in [4.69, 9.17) is 16.3 Å². The molecule has 2 aromatic heterocycles. The van der Waals surface area contributed by atoms with Crippen molar-refractivity contribution in [1.82, 2.24) is 20.3 Å². The van der Waals surface area contributed by atoms with Crippen LogP contribution in [-0.2, 0) is 17.6 Å². The van der Waals surface area contributed by atoms with Crippen LogP contribution in [0.1, 0.15) is 42.7 Å². The van der Waals surface area contributed by atoms with E-state index in [9.17, 15) is 10.0 Å². The number of nitrogens with one attached hydrogen (secondary N) is 1. The topological polar surface area (TPSA) is 87.6 Å². The third-order valence-corrected chi connectivity index (χ3v) is 8.13. The van der Waals surface area contributed by atoms with Gasteiger partial charge >= 0.3 is 0 Å². The average molecular weight is 503 g/mol. The van der Waals surface area contributed by atoms with Gasteiger partial charge in [-0.1, -0.05) is 11.6 Å². The van der Waals surface area contributed by atoms with Crippen LogP contribution in [-0.4, -0.2) is 52.7 Å². The van der Waals surface area contributed by atoms with Crippen molar-refractivity contribution in [2.45, 2.75) is 44.9 Å². The number of carbonyl (C=O) groups is 1. The summed E-state index contributed by atoms with van der Waals surface area (Å²) in [7, 11) is 1.64. The van der Waals surface area contributed by atoms with Crippen molar-refractivity contribution in [3.63, 3.8) is 0 Å². The average Bonchev–Trinajstić information content (AvgIpc) is 3.39. The molecule has 0 radical (unpaired) electrons. The van der Waals surface area contributed by atoms with Crippen molar-refractivity contribution < 1.29 is 14.7 Å². The maximum Gasteiger partial charge on any atom is 0.249 e. The molecular weight excluding hydrogens is 472 g/mol. The van der Waals surface area contributed by atoms with Gasteiger partial charge in [-0.05, 0) is 81.9 Å². The minimum Gasteiger partial charge on any atom is -0.497 e. The number of fused-ring (bicyclic) bond motifs is 1. The van der Waals surface area contributed by atoms with Crippen molar-refractivity contribution in [3.05, 3.63) is 51.6 Å². The summed E-state index contributed by atoms with van der Waals surface area (Å²) in [5.74, 6) is 0.485. The lowest BCUT2D eigenvalue weighted by Crippen LogP contribution is -2.48. The first-order valence-corrected chi connectivity index (χ1v) is 13.0. The number of aryl methyl sites for hydroxylation is 2. The molecule has 1 aliphatic rings. The minimum absolute atomic E-state index is 0.276. The molecule has 3 aromatic rings. The number of aromatic nitrogens is 2. The molecule has 2 N–H and O–H groups in total. The highest BCUT2D eigenvalue weighted by Crippen LogP contribution is 2.38. The van der Waals surface area contributed by atoms with Crippen LogP contribution in [0.25, 0.3) is 10.9 Å². The maximum atomic E-state index is 12.7. The highest BCUT2D eigenvalue weighted by molar-refractivity contribution is 7.09. The maximum absolute atomic E-state index is 12.7. The summed E-state index contributed by atoms with van der Waals surface area (Å²) >= 11 is 8.21. The molecule has 0 atom stereocenters. The van der Waals surface area contributed by atoms with E-state index in [1.807, 2.05) is 35.3 Å². The predicted molar refractivity (Wildman–Crippen MR) is 135 cm³/mol. The molecule has 1 amide bonds. The van der Waals surface area contributed by atoms with Crippen LogP contribution in [0, 0.1) is 5.41 Å². The standard InChI is InChI=1S/C25H31ClN4O3S/c1-33-18-6-7-22-20(16-18)19(21(26)17-28-22)4-2-8-25(24(31)29-32)9-13-30(14-10-25)12-3-5-23-27-11-15-34-23/h6-7,11,15-17,32H,2-5,8-10,12-14H2,1H3,(H,29,31). The normalized spacial score (nSPS) is 16.0. The molecule has 1 aliphatic heterocycles. The van der Waals surface area contributed by atoms with Gasteiger partial charge in [0.1, 0.15) is 5.75 Å². The molecule has 0 spiro atoms. The van der Waals surface area contributed by atoms with Gasteiger partial charge in [-0.15, -0.1) is 11.3 Å². The number of pyridine rings is 1. The number of amides is 1. The van der Waals surface area contributed by atoms with Gasteiger partial charge in [0.2, 0.25) is 5.91 Å². The van der Waals surface area contributed by atoms with Crippen molar-refractivity contribution in [2.24, 2.45) is 5.41 Å². The zero-order chi connectivity index (χ0) is 24.0. The Bertz CT molecular complexity index is 1100. The largest absolute Gasteiger partial charge is 0.497 e. The quantitative estimate of drug-likeness (QED) is 0.303. The molecule has 34 heavy (non-hydrogen) atoms.